The van der Waals surface area contributed by atoms with Crippen LogP contribution in [0.5, 0.6) is 5.75 Å². The fourth-order valence-electron chi connectivity index (χ4n) is 2.37. The van der Waals surface area contributed by atoms with E-state index in [1.807, 2.05) is 18.2 Å². The van der Waals surface area contributed by atoms with E-state index in [4.69, 9.17) is 10.00 Å². The quantitative estimate of drug-likeness (QED) is 0.814. The van der Waals surface area contributed by atoms with Gasteiger partial charge in [-0.25, -0.2) is 0 Å². The largest absolute Gasteiger partial charge is 0.495 e. The van der Waals surface area contributed by atoms with Crippen molar-refractivity contribution >= 4 is 0 Å². The minimum atomic E-state index is 0.201. The Bertz CT molecular complexity index is 436. The van der Waals surface area contributed by atoms with Gasteiger partial charge < -0.3 is 10.1 Å². The van der Waals surface area contributed by atoms with Crippen molar-refractivity contribution in [2.45, 2.75) is 52.1 Å². The van der Waals surface area contributed by atoms with Crippen LogP contribution in [-0.2, 0) is 6.54 Å². The third-order valence-electron chi connectivity index (χ3n) is 4.08. The number of hydrogen-bond donors (Lipinski definition) is 1. The van der Waals surface area contributed by atoms with E-state index >= 15 is 0 Å². The van der Waals surface area contributed by atoms with Gasteiger partial charge in [0.25, 0.3) is 0 Å². The van der Waals surface area contributed by atoms with Crippen LogP contribution < -0.4 is 10.1 Å². The second-order valence-electron chi connectivity index (χ2n) is 4.84. The summed E-state index contributed by atoms with van der Waals surface area (Å²) in [6.45, 7) is 7.44. The molecule has 0 spiro atoms. The molecule has 0 atom stereocenters. The van der Waals surface area contributed by atoms with E-state index in [0.717, 1.165) is 31.4 Å². The molecule has 0 saturated carbocycles. The van der Waals surface area contributed by atoms with Crippen molar-refractivity contribution in [3.05, 3.63) is 29.3 Å². The highest BCUT2D eigenvalue weighted by Gasteiger charge is 2.22. The molecule has 0 aliphatic rings. The number of benzene rings is 1. The Morgan fingerprint density at radius 2 is 1.84 bits per heavy atom. The van der Waals surface area contributed by atoms with Gasteiger partial charge in [-0.1, -0.05) is 26.8 Å². The highest BCUT2D eigenvalue weighted by Crippen LogP contribution is 2.22. The summed E-state index contributed by atoms with van der Waals surface area (Å²) in [4.78, 5) is 0. The van der Waals surface area contributed by atoms with Gasteiger partial charge in [0.1, 0.15) is 11.8 Å². The summed E-state index contributed by atoms with van der Waals surface area (Å²) < 4.78 is 5.16. The van der Waals surface area contributed by atoms with Crippen LogP contribution in [0.15, 0.2) is 18.2 Å². The minimum absolute atomic E-state index is 0.201. The van der Waals surface area contributed by atoms with Crippen LogP contribution in [0, 0.1) is 11.3 Å². The Balaban J connectivity index is 2.81. The molecule has 0 unspecified atom stereocenters. The first-order chi connectivity index (χ1) is 9.14. The van der Waals surface area contributed by atoms with Crippen molar-refractivity contribution < 1.29 is 4.74 Å². The third-order valence-corrected chi connectivity index (χ3v) is 4.08. The van der Waals surface area contributed by atoms with Crippen LogP contribution in [0.2, 0.25) is 0 Å². The first-order valence-corrected chi connectivity index (χ1v) is 6.96. The molecule has 0 aliphatic heterocycles. The average molecular weight is 260 g/mol. The number of nitrogens with zero attached hydrogens (tertiary/aromatic N) is 1. The molecule has 0 fully saturated rings. The van der Waals surface area contributed by atoms with Gasteiger partial charge in [-0.3, -0.25) is 0 Å². The maximum absolute atomic E-state index is 9.09. The van der Waals surface area contributed by atoms with E-state index < -0.39 is 0 Å². The summed E-state index contributed by atoms with van der Waals surface area (Å²) >= 11 is 0. The van der Waals surface area contributed by atoms with Gasteiger partial charge in [0.15, 0.2) is 0 Å². The van der Waals surface area contributed by atoms with E-state index in [-0.39, 0.29) is 5.54 Å². The first-order valence-electron chi connectivity index (χ1n) is 6.96. The van der Waals surface area contributed by atoms with Gasteiger partial charge in [0.05, 0.1) is 12.7 Å². The summed E-state index contributed by atoms with van der Waals surface area (Å²) in [5.74, 6) is 0.638. The second kappa shape index (κ2) is 7.16. The Morgan fingerprint density at radius 1 is 1.21 bits per heavy atom. The Labute approximate surface area is 116 Å². The maximum atomic E-state index is 9.09. The van der Waals surface area contributed by atoms with Crippen LogP contribution in [0.25, 0.3) is 0 Å². The molecule has 0 aromatic heterocycles. The van der Waals surface area contributed by atoms with Crippen LogP contribution >= 0.6 is 0 Å². The smallest absolute Gasteiger partial charge is 0.136 e. The Hall–Kier alpha value is -1.53. The lowest BCUT2D eigenvalue weighted by atomic mass is 9.89. The number of rotatable bonds is 7. The molecule has 1 N–H and O–H groups in total. The topological polar surface area (TPSA) is 45.0 Å². The van der Waals surface area contributed by atoms with E-state index in [1.165, 1.54) is 0 Å². The van der Waals surface area contributed by atoms with Crippen molar-refractivity contribution in [1.82, 2.24) is 5.32 Å². The molecular weight excluding hydrogens is 236 g/mol. The summed E-state index contributed by atoms with van der Waals surface area (Å²) in [5, 5.41) is 12.7. The number of methoxy groups -OCH3 is 1. The molecule has 3 nitrogen and oxygen atoms in total. The van der Waals surface area contributed by atoms with Crippen LogP contribution in [-0.4, -0.2) is 12.6 Å². The zero-order valence-corrected chi connectivity index (χ0v) is 12.4. The van der Waals surface area contributed by atoms with E-state index in [0.29, 0.717) is 11.3 Å². The second-order valence-corrected chi connectivity index (χ2v) is 4.84. The van der Waals surface area contributed by atoms with Crippen molar-refractivity contribution in [3.8, 4) is 11.8 Å². The van der Waals surface area contributed by atoms with Gasteiger partial charge in [-0.15, -0.1) is 0 Å². The molecule has 1 aromatic carbocycles. The zero-order chi connectivity index (χ0) is 14.3. The highest BCUT2D eigenvalue weighted by atomic mass is 16.5. The fourth-order valence-corrected chi connectivity index (χ4v) is 2.37. The lowest BCUT2D eigenvalue weighted by Gasteiger charge is -2.32. The summed E-state index contributed by atoms with van der Waals surface area (Å²) in [6.07, 6.45) is 3.34. The van der Waals surface area contributed by atoms with Gasteiger partial charge in [0, 0.05) is 12.1 Å². The Kier molecular flexibility index (Phi) is 5.85. The van der Waals surface area contributed by atoms with Gasteiger partial charge in [-0.2, -0.15) is 5.26 Å². The molecule has 1 aromatic rings. The van der Waals surface area contributed by atoms with Gasteiger partial charge >= 0.3 is 0 Å². The Morgan fingerprint density at radius 3 is 2.32 bits per heavy atom. The number of nitrogens with one attached hydrogen (secondary N) is 1. The van der Waals surface area contributed by atoms with E-state index in [2.05, 4.69) is 32.2 Å². The minimum Gasteiger partial charge on any atom is -0.495 e. The molecular formula is C16H24N2O. The predicted octanol–water partition coefficient (Wildman–Crippen LogP) is 3.63. The summed E-state index contributed by atoms with van der Waals surface area (Å²) in [6, 6.07) is 7.95. The average Bonchev–Trinajstić information content (AvgIpc) is 2.49. The maximum Gasteiger partial charge on any atom is 0.136 e. The van der Waals surface area contributed by atoms with Gasteiger partial charge in [-0.05, 0) is 37.0 Å². The monoisotopic (exact) mass is 260 g/mol. The van der Waals surface area contributed by atoms with Crippen molar-refractivity contribution in [2.24, 2.45) is 0 Å². The highest BCUT2D eigenvalue weighted by molar-refractivity contribution is 5.45. The van der Waals surface area contributed by atoms with E-state index in [9.17, 15) is 0 Å². The normalized spacial score (nSPS) is 11.1. The third kappa shape index (κ3) is 3.71. The van der Waals surface area contributed by atoms with Crippen LogP contribution in [0.4, 0.5) is 0 Å². The van der Waals surface area contributed by atoms with Crippen molar-refractivity contribution in [1.29, 1.82) is 5.26 Å². The van der Waals surface area contributed by atoms with Crippen molar-refractivity contribution in [2.75, 3.05) is 7.11 Å². The summed E-state index contributed by atoms with van der Waals surface area (Å²) in [5.41, 5.74) is 1.92. The molecule has 0 aliphatic carbocycles. The molecule has 3 heteroatoms. The van der Waals surface area contributed by atoms with Crippen LogP contribution in [0.1, 0.15) is 51.2 Å². The number of hydrogen-bond acceptors (Lipinski definition) is 3. The number of ether oxygens (including phenoxy) is 1. The molecule has 0 bridgehead atoms. The first kappa shape index (κ1) is 15.5. The lowest BCUT2D eigenvalue weighted by Crippen LogP contribution is -2.43. The molecule has 0 amide bonds. The van der Waals surface area contributed by atoms with Gasteiger partial charge in [0.2, 0.25) is 0 Å². The summed E-state index contributed by atoms with van der Waals surface area (Å²) in [7, 11) is 1.59. The molecule has 0 radical (unpaired) electrons. The zero-order valence-electron chi connectivity index (χ0n) is 12.4. The molecule has 0 heterocycles. The SMILES string of the molecule is CCC(CC)(CC)NCc1ccc(OC)c(C#N)c1. The standard InChI is InChI=1S/C16H24N2O/c1-5-16(6-2,7-3)18-12-13-8-9-15(19-4)14(10-13)11-17/h8-10,18H,5-7,12H2,1-4H3. The molecule has 1 rings (SSSR count). The van der Waals surface area contributed by atoms with Crippen LogP contribution in [0.3, 0.4) is 0 Å². The van der Waals surface area contributed by atoms with Crippen molar-refractivity contribution in [3.63, 3.8) is 0 Å². The van der Waals surface area contributed by atoms with E-state index in [1.54, 1.807) is 7.11 Å². The predicted molar refractivity (Wildman–Crippen MR) is 78.2 cm³/mol. The number of nitriles is 1. The molecule has 19 heavy (non-hydrogen) atoms. The molecule has 104 valence electrons. The lowest BCUT2D eigenvalue weighted by molar-refractivity contribution is 0.288. The molecule has 0 saturated heterocycles. The fraction of sp³-hybridized carbons (Fsp3) is 0.562.